The summed E-state index contributed by atoms with van der Waals surface area (Å²) in [6, 6.07) is 13.7. The summed E-state index contributed by atoms with van der Waals surface area (Å²) in [5.41, 5.74) is 3.18. The molecule has 9 nitrogen and oxygen atoms in total. The van der Waals surface area contributed by atoms with E-state index in [1.807, 2.05) is 0 Å². The minimum atomic E-state index is -0.404. The van der Waals surface area contributed by atoms with Crippen LogP contribution < -0.4 is 5.32 Å². The van der Waals surface area contributed by atoms with Crippen LogP contribution in [0, 0.1) is 17.0 Å². The number of anilines is 2. The lowest BCUT2D eigenvalue weighted by Gasteiger charge is -2.26. The average Bonchev–Trinajstić information content (AvgIpc) is 2.80. The minimum Gasteiger partial charge on any atom is -0.378 e. The summed E-state index contributed by atoms with van der Waals surface area (Å²) in [6.07, 6.45) is 1.60. The van der Waals surface area contributed by atoms with Crippen molar-refractivity contribution in [2.24, 2.45) is 0 Å². The second-order valence-corrected chi connectivity index (χ2v) is 7.08. The first kappa shape index (κ1) is 20.4. The maximum Gasteiger partial charge on any atom is 0.272 e. The first-order chi connectivity index (χ1) is 15.0. The van der Waals surface area contributed by atoms with Crippen molar-refractivity contribution in [2.45, 2.75) is 6.92 Å². The van der Waals surface area contributed by atoms with Gasteiger partial charge in [-0.15, -0.1) is 0 Å². The van der Waals surface area contributed by atoms with Crippen molar-refractivity contribution in [2.75, 3.05) is 31.6 Å². The van der Waals surface area contributed by atoms with Gasteiger partial charge in [0.25, 0.3) is 11.6 Å². The Hall–Kier alpha value is -3.85. The minimum absolute atomic E-state index is 0.0192. The molecule has 158 valence electrons. The van der Waals surface area contributed by atoms with E-state index < -0.39 is 4.92 Å². The largest absolute Gasteiger partial charge is 0.378 e. The number of hydrogen-bond acceptors (Lipinski definition) is 7. The zero-order valence-electron chi connectivity index (χ0n) is 16.9. The molecule has 1 aliphatic heterocycles. The highest BCUT2D eigenvalue weighted by Gasteiger charge is 2.18. The molecule has 1 aliphatic rings. The van der Waals surface area contributed by atoms with Crippen molar-refractivity contribution in [1.29, 1.82) is 0 Å². The Balaban J connectivity index is 1.51. The van der Waals surface area contributed by atoms with Gasteiger partial charge in [-0.1, -0.05) is 12.1 Å². The van der Waals surface area contributed by atoms with Crippen LogP contribution in [0.25, 0.3) is 11.3 Å². The highest BCUT2D eigenvalue weighted by atomic mass is 16.6. The summed E-state index contributed by atoms with van der Waals surface area (Å²) < 4.78 is 5.29. The molecule has 0 unspecified atom stereocenters. The van der Waals surface area contributed by atoms with Crippen molar-refractivity contribution < 1.29 is 14.5 Å². The van der Waals surface area contributed by atoms with E-state index in [0.717, 1.165) is 5.69 Å². The third kappa shape index (κ3) is 4.51. The van der Waals surface area contributed by atoms with Crippen LogP contribution in [0.1, 0.15) is 15.9 Å². The van der Waals surface area contributed by atoms with Crippen LogP contribution in [0.15, 0.2) is 54.7 Å². The van der Waals surface area contributed by atoms with Gasteiger partial charge < -0.3 is 15.0 Å². The van der Waals surface area contributed by atoms with E-state index in [1.165, 1.54) is 6.07 Å². The maximum absolute atomic E-state index is 12.6. The van der Waals surface area contributed by atoms with Crippen molar-refractivity contribution in [3.05, 3.63) is 76.0 Å². The van der Waals surface area contributed by atoms with Gasteiger partial charge in [0.15, 0.2) is 0 Å². The number of nitrogens with zero attached hydrogens (tertiary/aromatic N) is 4. The molecule has 31 heavy (non-hydrogen) atoms. The average molecular weight is 419 g/mol. The molecule has 0 spiro atoms. The number of benzene rings is 2. The van der Waals surface area contributed by atoms with Gasteiger partial charge >= 0.3 is 0 Å². The van der Waals surface area contributed by atoms with Crippen LogP contribution >= 0.6 is 0 Å². The lowest BCUT2D eigenvalue weighted by atomic mass is 10.0. The number of nitrogens with one attached hydrogen (secondary N) is 1. The molecular weight excluding hydrogens is 398 g/mol. The third-order valence-corrected chi connectivity index (χ3v) is 5.12. The van der Waals surface area contributed by atoms with Crippen LogP contribution in [0.3, 0.4) is 0 Å². The van der Waals surface area contributed by atoms with Gasteiger partial charge in [-0.3, -0.25) is 14.9 Å². The molecule has 0 radical (unpaired) electrons. The Labute approximate surface area is 178 Å². The Morgan fingerprint density at radius 1 is 1.13 bits per heavy atom. The summed E-state index contributed by atoms with van der Waals surface area (Å²) in [4.78, 5) is 33.9. The molecule has 1 N–H and O–H groups in total. The molecule has 1 saturated heterocycles. The number of aromatic nitrogens is 2. The summed E-state index contributed by atoms with van der Waals surface area (Å²) in [5.74, 6) is 0.338. The molecule has 1 amide bonds. The topological polar surface area (TPSA) is 110 Å². The molecule has 1 aromatic heterocycles. The summed E-state index contributed by atoms with van der Waals surface area (Å²) in [5, 5.41) is 14.3. The third-order valence-electron chi connectivity index (χ3n) is 5.12. The predicted octanol–water partition coefficient (Wildman–Crippen LogP) is 3.58. The molecule has 2 aromatic carbocycles. The number of carbonyl (C=O) groups is 1. The Morgan fingerprint density at radius 3 is 2.58 bits per heavy atom. The fourth-order valence-electron chi connectivity index (χ4n) is 3.44. The zero-order valence-corrected chi connectivity index (χ0v) is 16.9. The second kappa shape index (κ2) is 8.88. The molecule has 0 saturated carbocycles. The molecule has 4 rings (SSSR count). The standard InChI is InChI=1S/C22H21N5O4/c1-15-18(3-2-4-20(15)27(29)30)19-9-10-23-22(25-19)24-17-7-5-16(6-8-17)21(28)26-11-13-31-14-12-26/h2-10H,11-14H2,1H3,(H,23,24,25). The Kier molecular flexibility index (Phi) is 5.85. The van der Waals surface area contributed by atoms with E-state index >= 15 is 0 Å². The molecule has 3 aromatic rings. The van der Waals surface area contributed by atoms with Crippen LogP contribution in [0.2, 0.25) is 0 Å². The number of ether oxygens (including phenoxy) is 1. The number of carbonyl (C=O) groups excluding carboxylic acids is 1. The number of hydrogen-bond donors (Lipinski definition) is 1. The first-order valence-corrected chi connectivity index (χ1v) is 9.84. The van der Waals surface area contributed by atoms with E-state index in [2.05, 4.69) is 15.3 Å². The fraction of sp³-hybridized carbons (Fsp3) is 0.227. The van der Waals surface area contributed by atoms with Crippen molar-refractivity contribution in [1.82, 2.24) is 14.9 Å². The maximum atomic E-state index is 12.6. The van der Waals surface area contributed by atoms with Crippen molar-refractivity contribution in [3.63, 3.8) is 0 Å². The van der Waals surface area contributed by atoms with Gasteiger partial charge in [0.2, 0.25) is 5.95 Å². The van der Waals surface area contributed by atoms with Crippen LogP contribution in [-0.2, 0) is 4.74 Å². The Bertz CT molecular complexity index is 1110. The predicted molar refractivity (Wildman–Crippen MR) is 115 cm³/mol. The molecule has 0 atom stereocenters. The van der Waals surface area contributed by atoms with E-state index in [4.69, 9.17) is 4.74 Å². The molecular formula is C22H21N5O4. The number of rotatable bonds is 5. The quantitative estimate of drug-likeness (QED) is 0.497. The molecule has 2 heterocycles. The number of nitro benzene ring substituents is 1. The van der Waals surface area contributed by atoms with Gasteiger partial charge in [-0.05, 0) is 37.3 Å². The molecule has 0 bridgehead atoms. The van der Waals surface area contributed by atoms with Crippen LogP contribution in [0.5, 0.6) is 0 Å². The monoisotopic (exact) mass is 419 g/mol. The summed E-state index contributed by atoms with van der Waals surface area (Å²) >= 11 is 0. The van der Waals surface area contributed by atoms with Crippen molar-refractivity contribution >= 4 is 23.2 Å². The Morgan fingerprint density at radius 2 is 1.87 bits per heavy atom. The normalized spacial score (nSPS) is 13.6. The van der Waals surface area contributed by atoms with Gasteiger partial charge in [-0.25, -0.2) is 9.97 Å². The van der Waals surface area contributed by atoms with E-state index in [-0.39, 0.29) is 11.6 Å². The van der Waals surface area contributed by atoms with Crippen molar-refractivity contribution in [3.8, 4) is 11.3 Å². The number of morpholine rings is 1. The second-order valence-electron chi connectivity index (χ2n) is 7.08. The highest BCUT2D eigenvalue weighted by Crippen LogP contribution is 2.29. The fourth-order valence-corrected chi connectivity index (χ4v) is 3.44. The molecule has 0 aliphatic carbocycles. The molecule has 9 heteroatoms. The van der Waals surface area contributed by atoms with Gasteiger partial charge in [0, 0.05) is 47.7 Å². The van der Waals surface area contributed by atoms with Gasteiger partial charge in [0.05, 0.1) is 23.8 Å². The SMILES string of the molecule is Cc1c(-c2ccnc(Nc3ccc(C(=O)N4CCOCC4)cc3)n2)cccc1[N+](=O)[O-]. The van der Waals surface area contributed by atoms with Crippen LogP contribution in [0.4, 0.5) is 17.3 Å². The molecule has 1 fully saturated rings. The summed E-state index contributed by atoms with van der Waals surface area (Å²) in [6.45, 7) is 4.01. The zero-order chi connectivity index (χ0) is 21.8. The van der Waals surface area contributed by atoms with E-state index in [1.54, 1.807) is 60.5 Å². The van der Waals surface area contributed by atoms with Gasteiger partial charge in [-0.2, -0.15) is 0 Å². The highest BCUT2D eigenvalue weighted by molar-refractivity contribution is 5.94. The van der Waals surface area contributed by atoms with Gasteiger partial charge in [0.1, 0.15) is 0 Å². The lowest BCUT2D eigenvalue weighted by molar-refractivity contribution is -0.385. The smallest absolute Gasteiger partial charge is 0.272 e. The first-order valence-electron chi connectivity index (χ1n) is 9.84. The van der Waals surface area contributed by atoms with E-state index in [9.17, 15) is 14.9 Å². The lowest BCUT2D eigenvalue weighted by Crippen LogP contribution is -2.40. The van der Waals surface area contributed by atoms with E-state index in [0.29, 0.717) is 54.6 Å². The number of nitro groups is 1. The number of amides is 1. The summed E-state index contributed by atoms with van der Waals surface area (Å²) in [7, 11) is 0. The van der Waals surface area contributed by atoms with Crippen LogP contribution in [-0.4, -0.2) is 52.0 Å².